The lowest BCUT2D eigenvalue weighted by Crippen LogP contribution is -2.47. The summed E-state index contributed by atoms with van der Waals surface area (Å²) in [5.74, 6) is 2.71. The van der Waals surface area contributed by atoms with Gasteiger partial charge in [0.05, 0.1) is 11.7 Å². The quantitative estimate of drug-likeness (QED) is 0.465. The van der Waals surface area contributed by atoms with Gasteiger partial charge < -0.3 is 15.0 Å². The van der Waals surface area contributed by atoms with Crippen LogP contribution in [-0.4, -0.2) is 38.8 Å². The Kier molecular flexibility index (Phi) is 5.38. The van der Waals surface area contributed by atoms with Crippen LogP contribution < -0.4 is 10.1 Å². The Morgan fingerprint density at radius 3 is 2.61 bits per heavy atom. The van der Waals surface area contributed by atoms with E-state index in [1.165, 1.54) is 5.56 Å². The molecule has 3 heterocycles. The van der Waals surface area contributed by atoms with Crippen molar-refractivity contribution in [1.29, 1.82) is 0 Å². The van der Waals surface area contributed by atoms with Gasteiger partial charge in [-0.05, 0) is 67.4 Å². The van der Waals surface area contributed by atoms with Gasteiger partial charge in [-0.15, -0.1) is 0 Å². The van der Waals surface area contributed by atoms with E-state index in [0.717, 1.165) is 52.5 Å². The molecule has 1 aliphatic heterocycles. The molecular weight excluding hydrogens is 414 g/mol. The first kappa shape index (κ1) is 20.9. The third-order valence-electron chi connectivity index (χ3n) is 6.01. The number of carbonyl (C=O) groups excluding carboxylic acids is 1. The molecule has 4 aromatic rings. The van der Waals surface area contributed by atoms with E-state index >= 15 is 0 Å². The second-order valence-corrected chi connectivity index (χ2v) is 8.46. The summed E-state index contributed by atoms with van der Waals surface area (Å²) in [6.45, 7) is 7.09. The minimum Gasteiger partial charge on any atom is -0.455 e. The van der Waals surface area contributed by atoms with Gasteiger partial charge in [-0.25, -0.2) is 9.97 Å². The average molecular weight is 440 g/mol. The van der Waals surface area contributed by atoms with Crippen LogP contribution in [0.15, 0.2) is 61.1 Å². The highest BCUT2D eigenvalue weighted by Gasteiger charge is 2.29. The van der Waals surface area contributed by atoms with Crippen LogP contribution >= 0.6 is 0 Å². The maximum atomic E-state index is 11.5. The lowest BCUT2D eigenvalue weighted by Gasteiger charge is -2.39. The van der Waals surface area contributed by atoms with Crippen molar-refractivity contribution >= 4 is 28.3 Å². The summed E-state index contributed by atoms with van der Waals surface area (Å²) in [7, 11) is 0. The van der Waals surface area contributed by atoms with Crippen LogP contribution in [0, 0.1) is 13.8 Å². The Balaban J connectivity index is 1.37. The number of fused-ring (bicyclic) bond motifs is 1. The number of pyridine rings is 1. The molecule has 1 fully saturated rings. The number of nitrogens with one attached hydrogen (secondary N) is 1. The molecule has 2 aromatic heterocycles. The zero-order chi connectivity index (χ0) is 22.9. The van der Waals surface area contributed by atoms with Crippen molar-refractivity contribution in [3.63, 3.8) is 0 Å². The minimum atomic E-state index is 0.124. The minimum absolute atomic E-state index is 0.124. The maximum absolute atomic E-state index is 11.5. The van der Waals surface area contributed by atoms with Crippen LogP contribution in [0.25, 0.3) is 10.9 Å². The summed E-state index contributed by atoms with van der Waals surface area (Å²) in [5, 5.41) is 4.39. The van der Waals surface area contributed by atoms with E-state index in [0.29, 0.717) is 11.7 Å². The number of aromatic nitrogens is 3. The zero-order valence-electron chi connectivity index (χ0n) is 18.9. The van der Waals surface area contributed by atoms with Crippen LogP contribution in [0.1, 0.15) is 29.7 Å². The Labute approximate surface area is 192 Å². The van der Waals surface area contributed by atoms with Crippen LogP contribution in [0.4, 0.5) is 11.5 Å². The molecule has 1 amide bonds. The van der Waals surface area contributed by atoms with E-state index in [1.54, 1.807) is 19.4 Å². The van der Waals surface area contributed by atoms with Gasteiger partial charge in [-0.1, -0.05) is 6.07 Å². The van der Waals surface area contributed by atoms with Gasteiger partial charge in [0.15, 0.2) is 0 Å². The number of hydrogen-bond acceptors (Lipinski definition) is 6. The molecule has 7 nitrogen and oxygen atoms in total. The molecule has 5 rings (SSSR count). The van der Waals surface area contributed by atoms with Gasteiger partial charge >= 0.3 is 0 Å². The second-order valence-electron chi connectivity index (χ2n) is 8.46. The molecule has 0 unspecified atom stereocenters. The number of anilines is 2. The number of benzene rings is 2. The molecule has 0 spiro atoms. The fraction of sp³-hybridized carbons (Fsp3) is 0.231. The van der Waals surface area contributed by atoms with E-state index in [2.05, 4.69) is 32.4 Å². The first-order valence-corrected chi connectivity index (χ1v) is 10.9. The SMILES string of the molecule is CC(=O)N1CC(c2ccc3ncnc(Nc4ccc(Oc5ccc(C)nc5)c(C)c4)c3c2)C1. The Hall–Kier alpha value is -4.00. The van der Waals surface area contributed by atoms with E-state index in [4.69, 9.17) is 4.74 Å². The third kappa shape index (κ3) is 4.35. The number of likely N-dealkylation sites (tertiary alicyclic amines) is 1. The molecule has 166 valence electrons. The number of aryl methyl sites for hydroxylation is 2. The molecule has 0 bridgehead atoms. The molecule has 2 aromatic carbocycles. The van der Waals surface area contributed by atoms with E-state index in [1.807, 2.05) is 55.1 Å². The van der Waals surface area contributed by atoms with Gasteiger partial charge in [-0.2, -0.15) is 0 Å². The fourth-order valence-electron chi connectivity index (χ4n) is 3.99. The smallest absolute Gasteiger partial charge is 0.219 e. The molecule has 33 heavy (non-hydrogen) atoms. The summed E-state index contributed by atoms with van der Waals surface area (Å²) in [6, 6.07) is 16.0. The van der Waals surface area contributed by atoms with Gasteiger partial charge in [0.1, 0.15) is 23.6 Å². The lowest BCUT2D eigenvalue weighted by molar-refractivity contribution is -0.133. The molecule has 0 radical (unpaired) electrons. The molecule has 0 atom stereocenters. The number of ether oxygens (including phenoxy) is 1. The van der Waals surface area contributed by atoms with Crippen molar-refractivity contribution in [1.82, 2.24) is 19.9 Å². The molecular formula is C26H25N5O2. The standard InChI is InChI=1S/C26H25N5O2/c1-16-10-21(6-9-25(16)33-22-7-4-17(2)27-12-22)30-26-23-11-19(5-8-24(23)28-15-29-26)20-13-31(14-20)18(3)32/h4-12,15,20H,13-14H2,1-3H3,(H,28,29,30). The van der Waals surface area contributed by atoms with Gasteiger partial charge in [-0.3, -0.25) is 9.78 Å². The Bertz CT molecular complexity index is 1330. The molecule has 0 aliphatic carbocycles. The van der Waals surface area contributed by atoms with E-state index in [-0.39, 0.29) is 5.91 Å². The molecule has 1 aliphatic rings. The van der Waals surface area contributed by atoms with Crippen molar-refractivity contribution in [2.24, 2.45) is 0 Å². The fourth-order valence-corrected chi connectivity index (χ4v) is 3.99. The molecule has 0 saturated carbocycles. The van der Waals surface area contributed by atoms with Crippen LogP contribution in [0.2, 0.25) is 0 Å². The first-order valence-electron chi connectivity index (χ1n) is 10.9. The third-order valence-corrected chi connectivity index (χ3v) is 6.01. The van der Waals surface area contributed by atoms with Gasteiger partial charge in [0.2, 0.25) is 5.91 Å². The number of rotatable bonds is 5. The largest absolute Gasteiger partial charge is 0.455 e. The average Bonchev–Trinajstić information content (AvgIpc) is 2.76. The van der Waals surface area contributed by atoms with Crippen molar-refractivity contribution < 1.29 is 9.53 Å². The normalized spacial score (nSPS) is 13.6. The van der Waals surface area contributed by atoms with Crippen molar-refractivity contribution in [2.45, 2.75) is 26.7 Å². The number of nitrogens with zero attached hydrogens (tertiary/aromatic N) is 4. The lowest BCUT2D eigenvalue weighted by atomic mass is 9.90. The topological polar surface area (TPSA) is 80.2 Å². The number of carbonyl (C=O) groups is 1. The summed E-state index contributed by atoms with van der Waals surface area (Å²) in [4.78, 5) is 26.6. The predicted octanol–water partition coefficient (Wildman–Crippen LogP) is 5.12. The predicted molar refractivity (Wildman–Crippen MR) is 128 cm³/mol. The number of hydrogen-bond donors (Lipinski definition) is 1. The van der Waals surface area contributed by atoms with Gasteiger partial charge in [0.25, 0.3) is 0 Å². The molecule has 7 heteroatoms. The van der Waals surface area contributed by atoms with Crippen LogP contribution in [0.3, 0.4) is 0 Å². The summed E-state index contributed by atoms with van der Waals surface area (Å²) in [6.07, 6.45) is 3.29. The summed E-state index contributed by atoms with van der Waals surface area (Å²) in [5.41, 5.74) is 4.94. The van der Waals surface area contributed by atoms with E-state index < -0.39 is 0 Å². The van der Waals surface area contributed by atoms with Crippen LogP contribution in [0.5, 0.6) is 11.5 Å². The van der Waals surface area contributed by atoms with Crippen molar-refractivity contribution in [2.75, 3.05) is 18.4 Å². The van der Waals surface area contributed by atoms with Gasteiger partial charge in [0, 0.05) is 42.7 Å². The monoisotopic (exact) mass is 439 g/mol. The Morgan fingerprint density at radius 1 is 1.03 bits per heavy atom. The highest BCUT2D eigenvalue weighted by atomic mass is 16.5. The summed E-state index contributed by atoms with van der Waals surface area (Å²) >= 11 is 0. The Morgan fingerprint density at radius 2 is 1.88 bits per heavy atom. The highest BCUT2D eigenvalue weighted by Crippen LogP contribution is 2.33. The van der Waals surface area contributed by atoms with E-state index in [9.17, 15) is 4.79 Å². The van der Waals surface area contributed by atoms with Crippen LogP contribution in [-0.2, 0) is 4.79 Å². The first-order chi connectivity index (χ1) is 16.0. The number of amides is 1. The summed E-state index contributed by atoms with van der Waals surface area (Å²) < 4.78 is 5.98. The maximum Gasteiger partial charge on any atom is 0.219 e. The van der Waals surface area contributed by atoms with Crippen molar-refractivity contribution in [3.8, 4) is 11.5 Å². The molecule has 1 N–H and O–H groups in total. The van der Waals surface area contributed by atoms with Crippen molar-refractivity contribution in [3.05, 3.63) is 77.9 Å². The molecule has 1 saturated heterocycles. The highest BCUT2D eigenvalue weighted by molar-refractivity contribution is 5.91. The second kappa shape index (κ2) is 8.50. The zero-order valence-corrected chi connectivity index (χ0v) is 18.9.